The second kappa shape index (κ2) is 4.97. The van der Waals surface area contributed by atoms with Gasteiger partial charge in [-0.25, -0.2) is 0 Å². The first-order valence-corrected chi connectivity index (χ1v) is 6.07. The van der Waals surface area contributed by atoms with Gasteiger partial charge in [0.1, 0.15) is 0 Å². The number of nitrogens with zero attached hydrogens (tertiary/aromatic N) is 2. The van der Waals surface area contributed by atoms with Crippen LogP contribution in [0.1, 0.15) is 32.0 Å². The third kappa shape index (κ3) is 2.13. The Morgan fingerprint density at radius 2 is 2.50 bits per heavy atom. The number of hydrogen-bond donors (Lipinski definition) is 1. The smallest absolute Gasteiger partial charge is 0.0594 e. The summed E-state index contributed by atoms with van der Waals surface area (Å²) in [5, 5.41) is 7.81. The predicted molar refractivity (Wildman–Crippen MR) is 63.1 cm³/mol. The topological polar surface area (TPSA) is 39.1 Å². The Bertz CT molecular complexity index is 337. The van der Waals surface area contributed by atoms with Crippen molar-refractivity contribution in [2.24, 2.45) is 13.0 Å². The molecular weight excluding hydrogens is 202 g/mol. The molecule has 1 aromatic heterocycles. The van der Waals surface area contributed by atoms with Crippen LogP contribution in [0.15, 0.2) is 12.3 Å². The Morgan fingerprint density at radius 1 is 1.69 bits per heavy atom. The van der Waals surface area contributed by atoms with Crippen molar-refractivity contribution in [1.29, 1.82) is 0 Å². The van der Waals surface area contributed by atoms with Crippen molar-refractivity contribution in [3.8, 4) is 0 Å². The summed E-state index contributed by atoms with van der Waals surface area (Å²) >= 11 is 0. The molecule has 0 bridgehead atoms. The van der Waals surface area contributed by atoms with E-state index < -0.39 is 0 Å². The lowest BCUT2D eigenvalue weighted by Gasteiger charge is -2.26. The highest BCUT2D eigenvalue weighted by molar-refractivity contribution is 5.09. The van der Waals surface area contributed by atoms with E-state index in [-0.39, 0.29) is 0 Å². The van der Waals surface area contributed by atoms with Gasteiger partial charge in [0.25, 0.3) is 0 Å². The van der Waals surface area contributed by atoms with Crippen molar-refractivity contribution in [2.75, 3.05) is 13.2 Å². The Hall–Kier alpha value is -0.870. The summed E-state index contributed by atoms with van der Waals surface area (Å²) in [5.41, 5.74) is 1.25. The van der Waals surface area contributed by atoms with Crippen LogP contribution in [0.2, 0.25) is 0 Å². The molecule has 0 amide bonds. The van der Waals surface area contributed by atoms with Gasteiger partial charge in [-0.1, -0.05) is 6.92 Å². The number of aryl methyl sites for hydroxylation is 1. The van der Waals surface area contributed by atoms with Gasteiger partial charge in [0.05, 0.1) is 17.8 Å². The number of nitrogens with one attached hydrogen (secondary N) is 1. The number of aromatic nitrogens is 2. The molecule has 1 aromatic rings. The molecule has 0 spiro atoms. The first-order valence-electron chi connectivity index (χ1n) is 6.07. The molecule has 90 valence electrons. The van der Waals surface area contributed by atoms with E-state index in [4.69, 9.17) is 4.74 Å². The van der Waals surface area contributed by atoms with Gasteiger partial charge in [-0.15, -0.1) is 0 Å². The third-order valence-electron chi connectivity index (χ3n) is 3.46. The summed E-state index contributed by atoms with van der Waals surface area (Å²) in [6, 6.07) is 2.45. The lowest BCUT2D eigenvalue weighted by Crippen LogP contribution is -2.33. The summed E-state index contributed by atoms with van der Waals surface area (Å²) < 4.78 is 7.62. The standard InChI is InChI=1S/C12H21N3O/c1-4-13-12(10-6-8-16-9(10)2)11-5-7-14-15(11)3/h5,7,9-10,12-13H,4,6,8H2,1-3H3. The molecule has 1 saturated heterocycles. The molecule has 4 heteroatoms. The van der Waals surface area contributed by atoms with Gasteiger partial charge in [0.2, 0.25) is 0 Å². The van der Waals surface area contributed by atoms with Crippen molar-refractivity contribution in [3.05, 3.63) is 18.0 Å². The van der Waals surface area contributed by atoms with E-state index in [1.54, 1.807) is 0 Å². The van der Waals surface area contributed by atoms with E-state index in [1.165, 1.54) is 5.69 Å². The Kier molecular flexibility index (Phi) is 3.61. The zero-order valence-corrected chi connectivity index (χ0v) is 10.3. The number of rotatable bonds is 4. The molecule has 16 heavy (non-hydrogen) atoms. The molecule has 0 aliphatic carbocycles. The summed E-state index contributed by atoms with van der Waals surface area (Å²) in [5.74, 6) is 0.551. The average Bonchev–Trinajstić information content (AvgIpc) is 2.84. The van der Waals surface area contributed by atoms with E-state index in [0.29, 0.717) is 18.1 Å². The molecule has 1 aliphatic heterocycles. The van der Waals surface area contributed by atoms with Crippen molar-refractivity contribution in [2.45, 2.75) is 32.4 Å². The Labute approximate surface area is 97.0 Å². The van der Waals surface area contributed by atoms with Crippen LogP contribution in [0.4, 0.5) is 0 Å². The van der Waals surface area contributed by atoms with Crippen LogP contribution in [0.25, 0.3) is 0 Å². The van der Waals surface area contributed by atoms with Gasteiger partial charge in [0.15, 0.2) is 0 Å². The molecule has 4 nitrogen and oxygen atoms in total. The Balaban J connectivity index is 2.20. The average molecular weight is 223 g/mol. The molecule has 0 radical (unpaired) electrons. The fourth-order valence-corrected chi connectivity index (χ4v) is 2.57. The zero-order chi connectivity index (χ0) is 11.5. The molecule has 1 aliphatic rings. The highest BCUT2D eigenvalue weighted by Gasteiger charge is 2.33. The Morgan fingerprint density at radius 3 is 3.00 bits per heavy atom. The van der Waals surface area contributed by atoms with Crippen LogP contribution in [0, 0.1) is 5.92 Å². The van der Waals surface area contributed by atoms with E-state index >= 15 is 0 Å². The molecule has 0 aromatic carbocycles. The van der Waals surface area contributed by atoms with Crippen molar-refractivity contribution >= 4 is 0 Å². The molecule has 1 N–H and O–H groups in total. The monoisotopic (exact) mass is 223 g/mol. The molecule has 2 rings (SSSR count). The van der Waals surface area contributed by atoms with Crippen LogP contribution in [-0.2, 0) is 11.8 Å². The zero-order valence-electron chi connectivity index (χ0n) is 10.3. The predicted octanol–water partition coefficient (Wildman–Crippen LogP) is 1.50. The van der Waals surface area contributed by atoms with Crippen LogP contribution in [-0.4, -0.2) is 29.0 Å². The van der Waals surface area contributed by atoms with E-state index in [9.17, 15) is 0 Å². The molecule has 2 heterocycles. The SMILES string of the molecule is CCNC(c1ccnn1C)C1CCOC1C. The lowest BCUT2D eigenvalue weighted by molar-refractivity contribution is 0.0946. The minimum Gasteiger partial charge on any atom is -0.378 e. The van der Waals surface area contributed by atoms with Gasteiger partial charge < -0.3 is 10.1 Å². The number of ether oxygens (including phenoxy) is 1. The highest BCUT2D eigenvalue weighted by atomic mass is 16.5. The van der Waals surface area contributed by atoms with E-state index in [2.05, 4.69) is 30.3 Å². The normalized spacial score (nSPS) is 27.2. The highest BCUT2D eigenvalue weighted by Crippen LogP contribution is 2.32. The third-order valence-corrected chi connectivity index (χ3v) is 3.46. The van der Waals surface area contributed by atoms with Gasteiger partial charge in [-0.05, 0) is 26.0 Å². The first kappa shape index (κ1) is 11.6. The van der Waals surface area contributed by atoms with Gasteiger partial charge >= 0.3 is 0 Å². The minimum atomic E-state index is 0.332. The fourth-order valence-electron chi connectivity index (χ4n) is 2.57. The maximum absolute atomic E-state index is 5.66. The van der Waals surface area contributed by atoms with Crippen LogP contribution in [0.5, 0.6) is 0 Å². The first-order chi connectivity index (χ1) is 7.74. The van der Waals surface area contributed by atoms with Gasteiger partial charge in [0, 0.05) is 25.8 Å². The maximum atomic E-state index is 5.66. The lowest BCUT2D eigenvalue weighted by atomic mass is 9.91. The van der Waals surface area contributed by atoms with Crippen molar-refractivity contribution < 1.29 is 4.74 Å². The molecule has 1 fully saturated rings. The quantitative estimate of drug-likeness (QED) is 0.840. The van der Waals surface area contributed by atoms with E-state index in [1.807, 2.05) is 17.9 Å². The summed E-state index contributed by atoms with van der Waals surface area (Å²) in [6.45, 7) is 6.16. The van der Waals surface area contributed by atoms with Crippen LogP contribution in [0.3, 0.4) is 0 Å². The summed E-state index contributed by atoms with van der Waals surface area (Å²) in [6.07, 6.45) is 3.32. The molecule has 3 unspecified atom stereocenters. The second-order valence-corrected chi connectivity index (χ2v) is 4.44. The fraction of sp³-hybridized carbons (Fsp3) is 0.750. The molecule has 3 atom stereocenters. The maximum Gasteiger partial charge on any atom is 0.0594 e. The van der Waals surface area contributed by atoms with Crippen LogP contribution < -0.4 is 5.32 Å². The van der Waals surface area contributed by atoms with Gasteiger partial charge in [-0.3, -0.25) is 4.68 Å². The van der Waals surface area contributed by atoms with Crippen molar-refractivity contribution in [1.82, 2.24) is 15.1 Å². The second-order valence-electron chi connectivity index (χ2n) is 4.44. The van der Waals surface area contributed by atoms with E-state index in [0.717, 1.165) is 19.6 Å². The summed E-state index contributed by atoms with van der Waals surface area (Å²) in [7, 11) is 2.00. The summed E-state index contributed by atoms with van der Waals surface area (Å²) in [4.78, 5) is 0. The van der Waals surface area contributed by atoms with Crippen LogP contribution >= 0.6 is 0 Å². The molecule has 0 saturated carbocycles. The van der Waals surface area contributed by atoms with Crippen molar-refractivity contribution in [3.63, 3.8) is 0 Å². The van der Waals surface area contributed by atoms with Gasteiger partial charge in [-0.2, -0.15) is 5.10 Å². The molecular formula is C12H21N3O. The minimum absolute atomic E-state index is 0.332. The largest absolute Gasteiger partial charge is 0.378 e. The number of hydrogen-bond acceptors (Lipinski definition) is 3.